The number of barbiturate groups is 1. The fraction of sp³-hybridized carbons (Fsp3) is 0.500. The van der Waals surface area contributed by atoms with E-state index in [0.29, 0.717) is 19.6 Å². The maximum absolute atomic E-state index is 12.5. The second-order valence-corrected chi connectivity index (χ2v) is 7.37. The number of nitrogens with zero attached hydrogens (tertiary/aromatic N) is 2. The molecule has 1 saturated heterocycles. The molecule has 27 heavy (non-hydrogen) atoms. The first-order chi connectivity index (χ1) is 12.7. The van der Waals surface area contributed by atoms with Crippen LogP contribution in [0.3, 0.4) is 0 Å². The number of imide groups is 2. The number of nitrogens with one attached hydrogen (secondary N) is 1. The number of hydrogen-bond donors (Lipinski definition) is 1. The zero-order chi connectivity index (χ0) is 20.0. The molecule has 146 valence electrons. The lowest BCUT2D eigenvalue weighted by Gasteiger charge is -2.37. The second kappa shape index (κ2) is 8.79. The Bertz CT molecular complexity index is 720. The molecule has 1 heterocycles. The number of carbonyl (C=O) groups excluding carboxylic acids is 3. The van der Waals surface area contributed by atoms with Gasteiger partial charge in [-0.15, -0.1) is 0 Å². The number of urea groups is 1. The molecule has 1 unspecified atom stereocenters. The average Bonchev–Trinajstić information content (AvgIpc) is 2.59. The van der Waals surface area contributed by atoms with Gasteiger partial charge in [0.2, 0.25) is 11.8 Å². The molecule has 1 aromatic carbocycles. The van der Waals surface area contributed by atoms with Crippen LogP contribution in [0.2, 0.25) is 0 Å². The molecule has 0 aromatic heterocycles. The van der Waals surface area contributed by atoms with Gasteiger partial charge in [0.15, 0.2) is 5.92 Å². The summed E-state index contributed by atoms with van der Waals surface area (Å²) in [6.45, 7) is 8.21. The van der Waals surface area contributed by atoms with E-state index < -0.39 is 29.3 Å². The fourth-order valence-corrected chi connectivity index (χ4v) is 2.70. The van der Waals surface area contributed by atoms with Gasteiger partial charge in [-0.3, -0.25) is 24.8 Å². The van der Waals surface area contributed by atoms with Crippen LogP contribution >= 0.6 is 0 Å². The van der Waals surface area contributed by atoms with Crippen LogP contribution in [0.15, 0.2) is 29.3 Å². The van der Waals surface area contributed by atoms with Crippen LogP contribution in [0, 0.1) is 5.92 Å². The quantitative estimate of drug-likeness (QED) is 0.452. The summed E-state index contributed by atoms with van der Waals surface area (Å²) in [6, 6.07) is 7.24. The van der Waals surface area contributed by atoms with Crippen LogP contribution < -0.4 is 10.1 Å². The summed E-state index contributed by atoms with van der Waals surface area (Å²) < 4.78 is 5.64. The topological polar surface area (TPSA) is 88.1 Å². The number of benzene rings is 1. The first-order valence-corrected chi connectivity index (χ1v) is 9.14. The van der Waals surface area contributed by atoms with Crippen molar-refractivity contribution in [2.45, 2.75) is 46.1 Å². The van der Waals surface area contributed by atoms with Gasteiger partial charge in [0.05, 0.1) is 6.61 Å². The molecule has 1 aromatic rings. The standard InChI is InChI=1S/C20H27N3O4/c1-5-14-7-9-15(10-8-14)27-12-6-11-21-13-16-17(24)22-19(26)23(18(16)25)20(2,3)4/h7-10,13,16H,5-6,11-12H2,1-4H3,(H,22,24,26). The lowest BCUT2D eigenvalue weighted by atomic mass is 9.99. The highest BCUT2D eigenvalue weighted by molar-refractivity contribution is 6.23. The van der Waals surface area contributed by atoms with Crippen LogP contribution in [-0.2, 0) is 16.0 Å². The third-order valence-corrected chi connectivity index (χ3v) is 4.16. The van der Waals surface area contributed by atoms with Crippen molar-refractivity contribution >= 4 is 24.1 Å². The molecule has 7 nitrogen and oxygen atoms in total. The number of rotatable bonds is 7. The van der Waals surface area contributed by atoms with E-state index in [4.69, 9.17) is 4.74 Å². The molecule has 0 bridgehead atoms. The maximum atomic E-state index is 12.5. The first kappa shape index (κ1) is 20.6. The van der Waals surface area contributed by atoms with E-state index in [1.807, 2.05) is 24.3 Å². The lowest BCUT2D eigenvalue weighted by molar-refractivity contribution is -0.142. The van der Waals surface area contributed by atoms with Gasteiger partial charge in [-0.1, -0.05) is 19.1 Å². The number of ether oxygens (including phenoxy) is 1. The summed E-state index contributed by atoms with van der Waals surface area (Å²) in [5.74, 6) is -1.46. The minimum Gasteiger partial charge on any atom is -0.494 e. The van der Waals surface area contributed by atoms with Crippen molar-refractivity contribution in [3.05, 3.63) is 29.8 Å². The molecule has 0 spiro atoms. The predicted octanol–water partition coefficient (Wildman–Crippen LogP) is 2.58. The number of amides is 4. The largest absolute Gasteiger partial charge is 0.494 e. The van der Waals surface area contributed by atoms with Gasteiger partial charge in [-0.05, 0) is 44.9 Å². The zero-order valence-corrected chi connectivity index (χ0v) is 16.3. The van der Waals surface area contributed by atoms with Gasteiger partial charge in [-0.2, -0.15) is 0 Å². The Labute approximate surface area is 159 Å². The van der Waals surface area contributed by atoms with Crippen molar-refractivity contribution in [2.24, 2.45) is 10.9 Å². The van der Waals surface area contributed by atoms with Crippen LogP contribution in [-0.4, -0.2) is 47.7 Å². The van der Waals surface area contributed by atoms with Crippen LogP contribution in [0.25, 0.3) is 0 Å². The molecular formula is C20H27N3O4. The van der Waals surface area contributed by atoms with E-state index >= 15 is 0 Å². The van der Waals surface area contributed by atoms with Crippen molar-refractivity contribution in [2.75, 3.05) is 13.2 Å². The Hall–Kier alpha value is -2.70. The molecule has 4 amide bonds. The van der Waals surface area contributed by atoms with Gasteiger partial charge in [-0.25, -0.2) is 4.79 Å². The van der Waals surface area contributed by atoms with Crippen LogP contribution in [0.4, 0.5) is 4.79 Å². The smallest absolute Gasteiger partial charge is 0.331 e. The molecule has 1 aliphatic heterocycles. The summed E-state index contributed by atoms with van der Waals surface area (Å²) in [5, 5.41) is 2.21. The van der Waals surface area contributed by atoms with E-state index in [-0.39, 0.29) is 0 Å². The maximum Gasteiger partial charge on any atom is 0.331 e. The predicted molar refractivity (Wildman–Crippen MR) is 103 cm³/mol. The molecule has 1 fully saturated rings. The Morgan fingerprint density at radius 3 is 2.44 bits per heavy atom. The molecule has 1 atom stereocenters. The first-order valence-electron chi connectivity index (χ1n) is 9.14. The fourth-order valence-electron chi connectivity index (χ4n) is 2.70. The Balaban J connectivity index is 1.83. The van der Waals surface area contributed by atoms with E-state index in [1.54, 1.807) is 20.8 Å². The highest BCUT2D eigenvalue weighted by atomic mass is 16.5. The summed E-state index contributed by atoms with van der Waals surface area (Å²) in [4.78, 5) is 41.6. The van der Waals surface area contributed by atoms with Crippen molar-refractivity contribution in [3.8, 4) is 5.75 Å². The Kier molecular flexibility index (Phi) is 6.71. The minimum absolute atomic E-state index is 0.424. The second-order valence-electron chi connectivity index (χ2n) is 7.37. The van der Waals surface area contributed by atoms with Gasteiger partial charge in [0.25, 0.3) is 0 Å². The molecule has 1 N–H and O–H groups in total. The van der Waals surface area contributed by atoms with Crippen molar-refractivity contribution in [1.29, 1.82) is 0 Å². The zero-order valence-electron chi connectivity index (χ0n) is 16.3. The summed E-state index contributed by atoms with van der Waals surface area (Å²) in [7, 11) is 0. The third kappa shape index (κ3) is 5.39. The minimum atomic E-state index is -1.08. The summed E-state index contributed by atoms with van der Waals surface area (Å²) in [6.07, 6.45) is 2.95. The molecule has 0 radical (unpaired) electrons. The molecule has 0 saturated carbocycles. The highest BCUT2D eigenvalue weighted by Crippen LogP contribution is 2.20. The molecule has 7 heteroatoms. The van der Waals surface area contributed by atoms with Crippen molar-refractivity contribution < 1.29 is 19.1 Å². The number of carbonyl (C=O) groups is 3. The third-order valence-electron chi connectivity index (χ3n) is 4.16. The Morgan fingerprint density at radius 2 is 1.85 bits per heavy atom. The van der Waals surface area contributed by atoms with E-state index in [0.717, 1.165) is 17.1 Å². The molecule has 1 aliphatic rings. The lowest BCUT2D eigenvalue weighted by Crippen LogP contribution is -2.63. The Morgan fingerprint density at radius 1 is 1.19 bits per heavy atom. The van der Waals surface area contributed by atoms with E-state index in [2.05, 4.69) is 17.2 Å². The number of aryl methyl sites for hydroxylation is 1. The monoisotopic (exact) mass is 373 g/mol. The normalized spacial score (nSPS) is 18.1. The number of hydrogen-bond acceptors (Lipinski definition) is 5. The van der Waals surface area contributed by atoms with Gasteiger partial charge < -0.3 is 4.74 Å². The summed E-state index contributed by atoms with van der Waals surface area (Å²) in [5.41, 5.74) is 0.542. The van der Waals surface area contributed by atoms with Crippen LogP contribution in [0.1, 0.15) is 39.7 Å². The molecule has 0 aliphatic carbocycles. The molecule has 2 rings (SSSR count). The van der Waals surface area contributed by atoms with Crippen LogP contribution in [0.5, 0.6) is 5.75 Å². The van der Waals surface area contributed by atoms with Gasteiger partial charge in [0, 0.05) is 24.7 Å². The highest BCUT2D eigenvalue weighted by Gasteiger charge is 2.44. The van der Waals surface area contributed by atoms with E-state index in [1.165, 1.54) is 11.8 Å². The average molecular weight is 373 g/mol. The van der Waals surface area contributed by atoms with Gasteiger partial charge >= 0.3 is 6.03 Å². The van der Waals surface area contributed by atoms with E-state index in [9.17, 15) is 14.4 Å². The van der Waals surface area contributed by atoms with Gasteiger partial charge in [0.1, 0.15) is 5.75 Å². The molecular weight excluding hydrogens is 346 g/mol. The van der Waals surface area contributed by atoms with Crippen molar-refractivity contribution in [1.82, 2.24) is 10.2 Å². The number of aliphatic imine (C=N–C) groups is 1. The van der Waals surface area contributed by atoms with Crippen molar-refractivity contribution in [3.63, 3.8) is 0 Å². The summed E-state index contributed by atoms with van der Waals surface area (Å²) >= 11 is 0. The SMILES string of the molecule is CCc1ccc(OCCCN=CC2C(=O)NC(=O)N(C(C)(C)C)C2=O)cc1.